The van der Waals surface area contributed by atoms with Crippen LogP contribution in [0.1, 0.15) is 22.6 Å². The third kappa shape index (κ3) is 4.67. The molecule has 0 radical (unpaired) electrons. The number of furan rings is 2. The van der Waals surface area contributed by atoms with Gasteiger partial charge in [0.05, 0.1) is 0 Å². The minimum Gasteiger partial charge on any atom is -0.456 e. The van der Waals surface area contributed by atoms with Gasteiger partial charge in [-0.1, -0.05) is 127 Å². The molecule has 1 atom stereocenters. The van der Waals surface area contributed by atoms with Crippen molar-refractivity contribution in [2.45, 2.75) is 22.1 Å². The maximum atomic E-state index is 6.61. The fraction of sp³-hybridized carbons (Fsp3) is 0.0800. The van der Waals surface area contributed by atoms with Crippen LogP contribution in [-0.4, -0.2) is 12.5 Å². The molecule has 0 spiro atoms. The van der Waals surface area contributed by atoms with Gasteiger partial charge in [0.2, 0.25) is 0 Å². The molecule has 8 aromatic carbocycles. The van der Waals surface area contributed by atoms with Gasteiger partial charge in [-0.15, -0.1) is 0 Å². The van der Waals surface area contributed by atoms with Gasteiger partial charge in [-0.2, -0.15) is 10.0 Å². The second kappa shape index (κ2) is 11.5. The molecule has 3 heteroatoms. The van der Waals surface area contributed by atoms with Gasteiger partial charge in [0.25, 0.3) is 0 Å². The Morgan fingerprint density at radius 2 is 1.11 bits per heavy atom. The maximum Gasteiger partial charge on any atom is 0.144 e. The van der Waals surface area contributed by atoms with Crippen molar-refractivity contribution in [3.8, 4) is 22.3 Å². The van der Waals surface area contributed by atoms with Gasteiger partial charge < -0.3 is 8.83 Å². The number of benzene rings is 8. The Hall–Kier alpha value is -6.03. The molecule has 2 nitrogen and oxygen atoms in total. The smallest absolute Gasteiger partial charge is 0.144 e. The summed E-state index contributed by atoms with van der Waals surface area (Å²) in [4.78, 5) is 2.83. The quantitative estimate of drug-likeness (QED) is 0.179. The lowest BCUT2D eigenvalue weighted by Gasteiger charge is -2.29. The molecule has 0 aliphatic carbocycles. The zero-order chi connectivity index (χ0) is 35.3. The van der Waals surface area contributed by atoms with Gasteiger partial charge in [0, 0.05) is 42.8 Å². The van der Waals surface area contributed by atoms with Crippen molar-refractivity contribution in [2.24, 2.45) is 0 Å². The first-order valence-corrected chi connectivity index (χ1v) is 20.8. The van der Waals surface area contributed by atoms with Crippen LogP contribution >= 0.6 is 10.0 Å². The van der Waals surface area contributed by atoms with Gasteiger partial charge in [0.15, 0.2) is 0 Å². The maximum absolute atomic E-state index is 6.61. The van der Waals surface area contributed by atoms with E-state index < -0.39 is 10.0 Å². The normalized spacial score (nSPS) is 14.6. The summed E-state index contributed by atoms with van der Waals surface area (Å²) < 4.78 is 13.2. The molecule has 53 heavy (non-hydrogen) atoms. The van der Waals surface area contributed by atoms with Crippen LogP contribution in [0.3, 0.4) is 0 Å². The highest BCUT2D eigenvalue weighted by Crippen LogP contribution is 2.69. The molecule has 1 aliphatic rings. The minimum absolute atomic E-state index is 0.120. The zero-order valence-electron chi connectivity index (χ0n) is 29.6. The topological polar surface area (TPSA) is 26.3 Å². The van der Waals surface area contributed by atoms with Crippen molar-refractivity contribution in [3.05, 3.63) is 180 Å². The first kappa shape index (κ1) is 30.6. The second-order valence-electron chi connectivity index (χ2n) is 14.8. The summed E-state index contributed by atoms with van der Waals surface area (Å²) in [6.45, 7) is 0. The molecule has 0 bridgehead atoms. The molecule has 0 amide bonds. The molecule has 0 saturated carbocycles. The molecular formula is C50H36O2S. The predicted octanol–water partition coefficient (Wildman–Crippen LogP) is 14.1. The van der Waals surface area contributed by atoms with E-state index in [2.05, 4.69) is 176 Å². The first-order valence-electron chi connectivity index (χ1n) is 18.3. The van der Waals surface area contributed by atoms with Crippen LogP contribution in [0, 0.1) is 0 Å². The Kier molecular flexibility index (Phi) is 6.63. The molecule has 10 aromatic rings. The van der Waals surface area contributed by atoms with Crippen LogP contribution in [0.5, 0.6) is 0 Å². The predicted molar refractivity (Wildman–Crippen MR) is 224 cm³/mol. The fourth-order valence-corrected chi connectivity index (χ4v) is 11.4. The molecule has 11 rings (SSSR count). The standard InChI is InChI=1S/C50H36O2S/c1-53(2)46-27-26-41-39-14-6-8-17-45(39)52-50(41)48(46)42-25-24-36(30-47(42)53)43(29-37-12-9-15-40-38-13-5-7-16-44(38)51-49(37)40)33-21-18-32(19-22-33)35-23-20-31-10-3-4-11-34(31)28-35/h3-28,30,43H,29H2,1-2H3. The molecule has 0 saturated heterocycles. The van der Waals surface area contributed by atoms with Gasteiger partial charge in [-0.05, 0) is 99.5 Å². The third-order valence-corrected chi connectivity index (χ3v) is 14.5. The van der Waals surface area contributed by atoms with Crippen molar-refractivity contribution >= 4 is 64.7 Å². The molecule has 0 N–H and O–H groups in total. The van der Waals surface area contributed by atoms with E-state index in [9.17, 15) is 0 Å². The molecule has 3 heterocycles. The minimum atomic E-state index is -1.30. The lowest BCUT2D eigenvalue weighted by atomic mass is 9.84. The summed E-state index contributed by atoms with van der Waals surface area (Å²) in [6, 6.07) is 59.9. The Bertz CT molecular complexity index is 3070. The van der Waals surface area contributed by atoms with Gasteiger partial charge in [-0.25, -0.2) is 0 Å². The summed E-state index contributed by atoms with van der Waals surface area (Å²) in [5, 5.41) is 7.23. The summed E-state index contributed by atoms with van der Waals surface area (Å²) in [7, 11) is -1.30. The lowest BCUT2D eigenvalue weighted by molar-refractivity contribution is 0.658. The van der Waals surface area contributed by atoms with Crippen LogP contribution in [0.4, 0.5) is 0 Å². The van der Waals surface area contributed by atoms with Crippen LogP contribution in [-0.2, 0) is 6.42 Å². The third-order valence-electron chi connectivity index (χ3n) is 11.6. The lowest BCUT2D eigenvalue weighted by Crippen LogP contribution is -2.06. The SMILES string of the molecule is CS1(C)c2cc(C(Cc3cccc4c3oc3ccccc34)c3ccc(-c4ccc5ccccc5c4)cc3)ccc2-c2c1ccc1c2oc2ccccc21. The second-order valence-corrected chi connectivity index (χ2v) is 18.4. The Morgan fingerprint density at radius 3 is 1.91 bits per heavy atom. The van der Waals surface area contributed by atoms with Crippen molar-refractivity contribution in [2.75, 3.05) is 12.5 Å². The van der Waals surface area contributed by atoms with E-state index in [1.54, 1.807) is 0 Å². The fourth-order valence-electron chi connectivity index (χ4n) is 8.85. The summed E-state index contributed by atoms with van der Waals surface area (Å²) >= 11 is 0. The Morgan fingerprint density at radius 1 is 0.472 bits per heavy atom. The van der Waals surface area contributed by atoms with E-state index in [-0.39, 0.29) is 5.92 Å². The Balaban J connectivity index is 1.06. The van der Waals surface area contributed by atoms with Crippen molar-refractivity contribution < 1.29 is 8.83 Å². The molecule has 1 unspecified atom stereocenters. The first-order chi connectivity index (χ1) is 26.0. The monoisotopic (exact) mass is 700 g/mol. The molecule has 254 valence electrons. The molecule has 2 aromatic heterocycles. The highest BCUT2D eigenvalue weighted by atomic mass is 32.3. The van der Waals surface area contributed by atoms with Crippen LogP contribution in [0.2, 0.25) is 0 Å². The van der Waals surface area contributed by atoms with Crippen molar-refractivity contribution in [3.63, 3.8) is 0 Å². The molecule has 1 aliphatic heterocycles. The number of hydrogen-bond acceptors (Lipinski definition) is 2. The average Bonchev–Trinajstić information content (AvgIpc) is 3.85. The van der Waals surface area contributed by atoms with E-state index in [1.165, 1.54) is 75.7 Å². The number of hydrogen-bond donors (Lipinski definition) is 0. The molecular weight excluding hydrogens is 665 g/mol. The van der Waals surface area contributed by atoms with E-state index in [0.29, 0.717) is 0 Å². The average molecular weight is 701 g/mol. The van der Waals surface area contributed by atoms with Crippen LogP contribution in [0.25, 0.3) is 76.9 Å². The van der Waals surface area contributed by atoms with Gasteiger partial charge >= 0.3 is 0 Å². The highest BCUT2D eigenvalue weighted by Gasteiger charge is 2.35. The van der Waals surface area contributed by atoms with Crippen molar-refractivity contribution in [1.82, 2.24) is 0 Å². The summed E-state index contributed by atoms with van der Waals surface area (Å²) in [5.74, 6) is 0.120. The van der Waals surface area contributed by atoms with Gasteiger partial charge in [0.1, 0.15) is 22.3 Å². The van der Waals surface area contributed by atoms with Crippen LogP contribution in [0.15, 0.2) is 182 Å². The Labute approximate surface area is 309 Å². The van der Waals surface area contributed by atoms with Gasteiger partial charge in [-0.3, -0.25) is 0 Å². The van der Waals surface area contributed by atoms with E-state index in [1.807, 2.05) is 0 Å². The van der Waals surface area contributed by atoms with E-state index >= 15 is 0 Å². The summed E-state index contributed by atoms with van der Waals surface area (Å²) in [5.41, 5.74) is 12.7. The summed E-state index contributed by atoms with van der Waals surface area (Å²) in [6.07, 6.45) is 5.71. The highest BCUT2D eigenvalue weighted by molar-refractivity contribution is 8.33. The van der Waals surface area contributed by atoms with E-state index in [4.69, 9.17) is 8.83 Å². The van der Waals surface area contributed by atoms with Crippen LogP contribution < -0.4 is 0 Å². The number of para-hydroxylation sites is 3. The number of rotatable bonds is 5. The number of fused-ring (bicyclic) bond motifs is 11. The molecule has 0 fully saturated rings. The largest absolute Gasteiger partial charge is 0.456 e. The zero-order valence-corrected chi connectivity index (χ0v) is 30.4. The van der Waals surface area contributed by atoms with E-state index in [0.717, 1.165) is 34.1 Å². The van der Waals surface area contributed by atoms with Crippen molar-refractivity contribution in [1.29, 1.82) is 0 Å².